The van der Waals surface area contributed by atoms with Crippen LogP contribution in [0.25, 0.3) is 0 Å². The van der Waals surface area contributed by atoms with Crippen LogP contribution in [0, 0.1) is 0 Å². The summed E-state index contributed by atoms with van der Waals surface area (Å²) in [6.07, 6.45) is 0.781. The van der Waals surface area contributed by atoms with Gasteiger partial charge in [-0.2, -0.15) is 0 Å². The quantitative estimate of drug-likeness (QED) is 0.473. The van der Waals surface area contributed by atoms with Crippen molar-refractivity contribution in [3.05, 3.63) is 0 Å². The number of ether oxygens (including phenoxy) is 1. The zero-order valence-corrected chi connectivity index (χ0v) is 12.1. The molecule has 112 valence electrons. The summed E-state index contributed by atoms with van der Waals surface area (Å²) >= 11 is 0. The molecule has 0 aliphatic heterocycles. The molecule has 0 unspecified atom stereocenters. The highest BCUT2D eigenvalue weighted by atomic mass is 16.5. The van der Waals surface area contributed by atoms with Gasteiger partial charge in [0.05, 0.1) is 19.7 Å². The summed E-state index contributed by atoms with van der Waals surface area (Å²) in [7, 11) is 5.06. The fraction of sp³-hybridized carbons (Fsp3) is 0.833. The molecule has 3 N–H and O–H groups in total. The van der Waals surface area contributed by atoms with Gasteiger partial charge >= 0.3 is 0 Å². The molecule has 0 saturated heterocycles. The van der Waals surface area contributed by atoms with Gasteiger partial charge in [0.2, 0.25) is 11.8 Å². The van der Waals surface area contributed by atoms with E-state index in [9.17, 15) is 9.59 Å². The third-order valence-corrected chi connectivity index (χ3v) is 2.57. The SMILES string of the molecule is COCCNC(=O)CN(C)CC(=O)N(C)CCCN. The Kier molecular flexibility index (Phi) is 10.1. The maximum absolute atomic E-state index is 11.8. The fourth-order valence-electron chi connectivity index (χ4n) is 1.45. The number of nitrogens with two attached hydrogens (primary N) is 1. The Balaban J connectivity index is 3.85. The Hall–Kier alpha value is -1.18. The molecule has 2 amide bonds. The Labute approximate surface area is 115 Å². The Morgan fingerprint density at radius 2 is 1.95 bits per heavy atom. The Morgan fingerprint density at radius 1 is 1.26 bits per heavy atom. The third-order valence-electron chi connectivity index (χ3n) is 2.57. The number of methoxy groups -OCH3 is 1. The smallest absolute Gasteiger partial charge is 0.236 e. The first-order valence-electron chi connectivity index (χ1n) is 6.39. The first-order chi connectivity index (χ1) is 9.01. The van der Waals surface area contributed by atoms with Gasteiger partial charge in [0.15, 0.2) is 0 Å². The molecule has 7 heteroatoms. The monoisotopic (exact) mass is 274 g/mol. The minimum absolute atomic E-state index is 0.0133. The van der Waals surface area contributed by atoms with Gasteiger partial charge in [-0.1, -0.05) is 0 Å². The number of hydrogen-bond acceptors (Lipinski definition) is 5. The standard InChI is InChI=1S/C12H26N4O3/c1-15(9-11(17)14-6-8-19-3)10-12(18)16(2)7-4-5-13/h4-10,13H2,1-3H3,(H,14,17). The van der Waals surface area contributed by atoms with Crippen molar-refractivity contribution in [2.75, 3.05) is 60.5 Å². The van der Waals surface area contributed by atoms with Gasteiger partial charge in [-0.05, 0) is 20.0 Å². The van der Waals surface area contributed by atoms with Gasteiger partial charge in [0, 0.05) is 27.2 Å². The second-order valence-electron chi connectivity index (χ2n) is 4.47. The molecule has 0 aliphatic rings. The Bertz CT molecular complexity index is 274. The molecule has 0 heterocycles. The van der Waals surface area contributed by atoms with Crippen LogP contribution in [-0.4, -0.2) is 82.1 Å². The summed E-state index contributed by atoms with van der Waals surface area (Å²) < 4.78 is 4.83. The average Bonchev–Trinajstić information content (AvgIpc) is 2.35. The van der Waals surface area contributed by atoms with Gasteiger partial charge in [0.25, 0.3) is 0 Å². The molecule has 0 bridgehead atoms. The van der Waals surface area contributed by atoms with Crippen molar-refractivity contribution in [1.82, 2.24) is 15.1 Å². The zero-order chi connectivity index (χ0) is 14.7. The van der Waals surface area contributed by atoms with E-state index in [0.717, 1.165) is 6.42 Å². The summed E-state index contributed by atoms with van der Waals surface area (Å²) in [5.41, 5.74) is 5.39. The summed E-state index contributed by atoms with van der Waals surface area (Å²) in [6, 6.07) is 0. The number of hydrogen-bond donors (Lipinski definition) is 2. The molecule has 19 heavy (non-hydrogen) atoms. The molecule has 0 radical (unpaired) electrons. The highest BCUT2D eigenvalue weighted by Crippen LogP contribution is 1.91. The van der Waals surface area contributed by atoms with Gasteiger partial charge in [0.1, 0.15) is 0 Å². The summed E-state index contributed by atoms with van der Waals surface area (Å²) in [6.45, 7) is 2.58. The topological polar surface area (TPSA) is 87.9 Å². The number of nitrogens with zero attached hydrogens (tertiary/aromatic N) is 2. The summed E-state index contributed by atoms with van der Waals surface area (Å²) in [4.78, 5) is 26.6. The van der Waals surface area contributed by atoms with E-state index in [1.165, 1.54) is 0 Å². The first-order valence-corrected chi connectivity index (χ1v) is 6.39. The van der Waals surface area contributed by atoms with Crippen LogP contribution in [0.15, 0.2) is 0 Å². The summed E-state index contributed by atoms with van der Waals surface area (Å²) in [5.74, 6) is -0.127. The predicted octanol–water partition coefficient (Wildman–Crippen LogP) is -1.51. The minimum Gasteiger partial charge on any atom is -0.383 e. The highest BCUT2D eigenvalue weighted by Gasteiger charge is 2.13. The van der Waals surface area contributed by atoms with E-state index in [2.05, 4.69) is 5.32 Å². The van der Waals surface area contributed by atoms with E-state index in [0.29, 0.717) is 26.2 Å². The highest BCUT2D eigenvalue weighted by molar-refractivity contribution is 5.81. The lowest BCUT2D eigenvalue weighted by Gasteiger charge is -2.21. The van der Waals surface area contributed by atoms with Crippen LogP contribution in [0.3, 0.4) is 0 Å². The van der Waals surface area contributed by atoms with Crippen molar-refractivity contribution in [3.63, 3.8) is 0 Å². The van der Waals surface area contributed by atoms with Crippen molar-refractivity contribution >= 4 is 11.8 Å². The van der Waals surface area contributed by atoms with Crippen molar-refractivity contribution < 1.29 is 14.3 Å². The summed E-state index contributed by atoms with van der Waals surface area (Å²) in [5, 5.41) is 2.70. The van der Waals surface area contributed by atoms with E-state index in [-0.39, 0.29) is 24.9 Å². The van der Waals surface area contributed by atoms with Gasteiger partial charge in [-0.3, -0.25) is 14.5 Å². The molecule has 0 rings (SSSR count). The molecular weight excluding hydrogens is 248 g/mol. The number of carbonyl (C=O) groups is 2. The number of carbonyl (C=O) groups excluding carboxylic acids is 2. The van der Waals surface area contributed by atoms with Gasteiger partial charge in [-0.25, -0.2) is 0 Å². The van der Waals surface area contributed by atoms with E-state index < -0.39 is 0 Å². The molecule has 0 aliphatic carbocycles. The lowest BCUT2D eigenvalue weighted by atomic mass is 10.3. The van der Waals surface area contributed by atoms with E-state index in [1.54, 1.807) is 31.0 Å². The molecular formula is C12H26N4O3. The lowest BCUT2D eigenvalue weighted by molar-refractivity contribution is -0.131. The number of nitrogens with one attached hydrogen (secondary N) is 1. The van der Waals surface area contributed by atoms with Crippen LogP contribution in [0.1, 0.15) is 6.42 Å². The molecule has 0 aromatic carbocycles. The molecule has 0 aromatic heterocycles. The van der Waals surface area contributed by atoms with Gasteiger partial charge in [-0.15, -0.1) is 0 Å². The lowest BCUT2D eigenvalue weighted by Crippen LogP contribution is -2.42. The van der Waals surface area contributed by atoms with Crippen LogP contribution in [0.2, 0.25) is 0 Å². The van der Waals surface area contributed by atoms with Crippen molar-refractivity contribution in [1.29, 1.82) is 0 Å². The van der Waals surface area contributed by atoms with Crippen molar-refractivity contribution in [2.24, 2.45) is 5.73 Å². The molecule has 0 aromatic rings. The number of likely N-dealkylation sites (N-methyl/N-ethyl adjacent to an activating group) is 2. The largest absolute Gasteiger partial charge is 0.383 e. The maximum Gasteiger partial charge on any atom is 0.236 e. The van der Waals surface area contributed by atoms with Crippen LogP contribution >= 0.6 is 0 Å². The van der Waals surface area contributed by atoms with Crippen LogP contribution < -0.4 is 11.1 Å². The van der Waals surface area contributed by atoms with Crippen LogP contribution in [0.4, 0.5) is 0 Å². The van der Waals surface area contributed by atoms with E-state index in [1.807, 2.05) is 0 Å². The fourth-order valence-corrected chi connectivity index (χ4v) is 1.45. The minimum atomic E-state index is -0.114. The molecule has 0 fully saturated rings. The second kappa shape index (κ2) is 10.7. The van der Waals surface area contributed by atoms with E-state index >= 15 is 0 Å². The molecule has 0 atom stereocenters. The molecule has 0 saturated carbocycles. The molecule has 0 spiro atoms. The number of rotatable bonds is 10. The van der Waals surface area contributed by atoms with Crippen molar-refractivity contribution in [2.45, 2.75) is 6.42 Å². The first kappa shape index (κ1) is 17.8. The Morgan fingerprint density at radius 3 is 2.53 bits per heavy atom. The second-order valence-corrected chi connectivity index (χ2v) is 4.47. The zero-order valence-electron chi connectivity index (χ0n) is 12.1. The van der Waals surface area contributed by atoms with Crippen molar-refractivity contribution in [3.8, 4) is 0 Å². The van der Waals surface area contributed by atoms with Crippen LogP contribution in [0.5, 0.6) is 0 Å². The normalized spacial score (nSPS) is 10.6. The average molecular weight is 274 g/mol. The molecule has 7 nitrogen and oxygen atoms in total. The third kappa shape index (κ3) is 9.40. The van der Waals surface area contributed by atoms with Gasteiger partial charge < -0.3 is 20.7 Å². The number of amides is 2. The predicted molar refractivity (Wildman–Crippen MR) is 73.7 cm³/mol. The van der Waals surface area contributed by atoms with Crippen LogP contribution in [-0.2, 0) is 14.3 Å². The maximum atomic E-state index is 11.8. The van der Waals surface area contributed by atoms with E-state index in [4.69, 9.17) is 10.5 Å².